The predicted molar refractivity (Wildman–Crippen MR) is 70.1 cm³/mol. The lowest BCUT2D eigenvalue weighted by Crippen LogP contribution is -2.38. The van der Waals surface area contributed by atoms with E-state index >= 15 is 0 Å². The van der Waals surface area contributed by atoms with E-state index in [4.69, 9.17) is 5.41 Å². The molecule has 4 N–H and O–H groups in total. The van der Waals surface area contributed by atoms with Gasteiger partial charge < -0.3 is 15.7 Å². The molecule has 1 heterocycles. The van der Waals surface area contributed by atoms with Crippen LogP contribution in [-0.2, 0) is 4.79 Å². The fourth-order valence-corrected chi connectivity index (χ4v) is 1.90. The Kier molecular flexibility index (Phi) is 5.50. The third-order valence-electron chi connectivity index (χ3n) is 2.90. The first kappa shape index (κ1) is 14.1. The van der Waals surface area contributed by atoms with Crippen LogP contribution in [0.25, 0.3) is 0 Å². The molecule has 96 valence electrons. The Morgan fingerprint density at radius 3 is 3.00 bits per heavy atom. The van der Waals surface area contributed by atoms with Gasteiger partial charge >= 0.3 is 0 Å². The Morgan fingerprint density at radius 1 is 1.76 bits per heavy atom. The second-order valence-corrected chi connectivity index (χ2v) is 4.91. The minimum atomic E-state index is -0.508. The monoisotopic (exact) mass is 257 g/mol. The lowest BCUT2D eigenvalue weighted by atomic mass is 9.94. The molecule has 6 heteroatoms. The summed E-state index contributed by atoms with van der Waals surface area (Å²) in [4.78, 5) is 11.0. The van der Waals surface area contributed by atoms with Crippen LogP contribution in [-0.4, -0.2) is 41.1 Å². The highest BCUT2D eigenvalue weighted by molar-refractivity contribution is 8.13. The van der Waals surface area contributed by atoms with Crippen molar-refractivity contribution in [2.24, 2.45) is 5.92 Å². The zero-order valence-corrected chi connectivity index (χ0v) is 10.9. The first-order chi connectivity index (χ1) is 8.04. The van der Waals surface area contributed by atoms with Crippen molar-refractivity contribution in [1.82, 2.24) is 10.6 Å². The van der Waals surface area contributed by atoms with E-state index in [2.05, 4.69) is 10.6 Å². The zero-order valence-electron chi connectivity index (χ0n) is 10.1. The number of aliphatic hydroxyl groups excluding tert-OH is 1. The molecule has 3 atom stereocenters. The van der Waals surface area contributed by atoms with E-state index < -0.39 is 6.10 Å². The van der Waals surface area contributed by atoms with Crippen LogP contribution in [0.1, 0.15) is 13.3 Å². The summed E-state index contributed by atoms with van der Waals surface area (Å²) >= 11 is 1.15. The summed E-state index contributed by atoms with van der Waals surface area (Å²) in [5.41, 5.74) is 0. The Morgan fingerprint density at radius 2 is 2.47 bits per heavy atom. The van der Waals surface area contributed by atoms with Crippen LogP contribution < -0.4 is 10.6 Å². The van der Waals surface area contributed by atoms with Crippen molar-refractivity contribution >= 4 is 22.8 Å². The SMILES string of the molecule is CSC(=O)/C=C/CC(O)C(C)C1CNC(=N)N1. The van der Waals surface area contributed by atoms with Crippen LogP contribution in [0.5, 0.6) is 0 Å². The molecule has 1 aliphatic rings. The Balaban J connectivity index is 2.36. The van der Waals surface area contributed by atoms with Gasteiger partial charge in [-0.25, -0.2) is 0 Å². The summed E-state index contributed by atoms with van der Waals surface area (Å²) < 4.78 is 0. The van der Waals surface area contributed by atoms with E-state index in [0.717, 1.165) is 11.8 Å². The number of hydrogen-bond donors (Lipinski definition) is 4. The normalized spacial score (nSPS) is 23.2. The number of hydrogen-bond acceptors (Lipinski definition) is 4. The van der Waals surface area contributed by atoms with Crippen molar-refractivity contribution in [3.05, 3.63) is 12.2 Å². The number of guanidine groups is 1. The quantitative estimate of drug-likeness (QED) is 0.533. The van der Waals surface area contributed by atoms with E-state index in [1.54, 1.807) is 12.3 Å². The van der Waals surface area contributed by atoms with Gasteiger partial charge in [0, 0.05) is 12.5 Å². The molecule has 0 radical (unpaired) electrons. The molecular weight excluding hydrogens is 238 g/mol. The van der Waals surface area contributed by atoms with E-state index in [9.17, 15) is 9.90 Å². The maximum absolute atomic E-state index is 11.0. The molecule has 0 bridgehead atoms. The standard InChI is InChI=1S/C11H19N3O2S/c1-7(8-6-13-11(12)14-8)9(15)4-3-5-10(16)17-2/h3,5,7-9,15H,4,6H2,1-2H3,(H3,12,13,14)/b5-3+. The summed E-state index contributed by atoms with van der Waals surface area (Å²) in [7, 11) is 0. The van der Waals surface area contributed by atoms with Gasteiger partial charge in [0.15, 0.2) is 5.96 Å². The van der Waals surface area contributed by atoms with Crippen molar-refractivity contribution in [2.45, 2.75) is 25.5 Å². The first-order valence-electron chi connectivity index (χ1n) is 5.56. The second kappa shape index (κ2) is 6.66. The first-order valence-corrected chi connectivity index (χ1v) is 6.78. The summed E-state index contributed by atoms with van der Waals surface area (Å²) in [6, 6.07) is 0.0714. The van der Waals surface area contributed by atoms with E-state index in [1.165, 1.54) is 6.08 Å². The lowest BCUT2D eigenvalue weighted by Gasteiger charge is -2.23. The van der Waals surface area contributed by atoms with Gasteiger partial charge in [-0.05, 0) is 18.8 Å². The largest absolute Gasteiger partial charge is 0.392 e. The molecule has 5 nitrogen and oxygen atoms in total. The third-order valence-corrected chi connectivity index (χ3v) is 3.44. The highest BCUT2D eigenvalue weighted by Gasteiger charge is 2.27. The van der Waals surface area contributed by atoms with Crippen LogP contribution in [0, 0.1) is 11.3 Å². The van der Waals surface area contributed by atoms with Gasteiger partial charge in [-0.2, -0.15) is 0 Å². The van der Waals surface area contributed by atoms with Gasteiger partial charge in [0.05, 0.1) is 12.1 Å². The minimum absolute atomic E-state index is 0.00714. The van der Waals surface area contributed by atoms with Crippen LogP contribution in [0.15, 0.2) is 12.2 Å². The number of carbonyl (C=O) groups is 1. The van der Waals surface area contributed by atoms with Crippen molar-refractivity contribution in [2.75, 3.05) is 12.8 Å². The molecule has 1 aliphatic heterocycles. The molecule has 1 fully saturated rings. The maximum Gasteiger partial charge on any atom is 0.211 e. The molecular formula is C11H19N3O2S. The topological polar surface area (TPSA) is 85.2 Å². The number of nitrogens with one attached hydrogen (secondary N) is 3. The lowest BCUT2D eigenvalue weighted by molar-refractivity contribution is -0.107. The summed E-state index contributed by atoms with van der Waals surface area (Å²) in [5, 5.41) is 23.1. The molecule has 0 spiro atoms. The predicted octanol–water partition coefficient (Wildman–Crippen LogP) is 0.315. The molecule has 1 saturated heterocycles. The molecule has 0 amide bonds. The van der Waals surface area contributed by atoms with E-state index in [1.807, 2.05) is 6.92 Å². The van der Waals surface area contributed by atoms with Gasteiger partial charge in [-0.15, -0.1) is 0 Å². The third kappa shape index (κ3) is 4.40. The molecule has 0 saturated carbocycles. The summed E-state index contributed by atoms with van der Waals surface area (Å²) in [6.45, 7) is 2.59. The fourth-order valence-electron chi connectivity index (χ4n) is 1.67. The average molecular weight is 257 g/mol. The number of carbonyl (C=O) groups excluding carboxylic acids is 1. The van der Waals surface area contributed by atoms with Crippen LogP contribution in [0.2, 0.25) is 0 Å². The molecule has 0 aromatic rings. The maximum atomic E-state index is 11.0. The number of rotatable bonds is 5. The Hall–Kier alpha value is -1.01. The average Bonchev–Trinajstić information content (AvgIpc) is 2.74. The molecule has 0 aromatic carbocycles. The molecule has 0 aromatic heterocycles. The van der Waals surface area contributed by atoms with Crippen LogP contribution >= 0.6 is 11.8 Å². The van der Waals surface area contributed by atoms with Crippen molar-refractivity contribution in [3.63, 3.8) is 0 Å². The van der Waals surface area contributed by atoms with Gasteiger partial charge in [-0.3, -0.25) is 10.2 Å². The molecule has 1 rings (SSSR count). The van der Waals surface area contributed by atoms with Crippen LogP contribution in [0.4, 0.5) is 0 Å². The second-order valence-electron chi connectivity index (χ2n) is 4.09. The van der Waals surface area contributed by atoms with Gasteiger partial charge in [0.25, 0.3) is 0 Å². The molecule has 3 unspecified atom stereocenters. The number of thioether (sulfide) groups is 1. The minimum Gasteiger partial charge on any atom is -0.392 e. The Labute approximate surface area is 106 Å². The summed E-state index contributed by atoms with van der Waals surface area (Å²) in [6.07, 6.45) is 4.87. The number of aliphatic hydroxyl groups is 1. The molecule has 0 aliphatic carbocycles. The smallest absolute Gasteiger partial charge is 0.211 e. The van der Waals surface area contributed by atoms with E-state index in [0.29, 0.717) is 18.9 Å². The Bertz CT molecular complexity index is 320. The molecule has 17 heavy (non-hydrogen) atoms. The van der Waals surface area contributed by atoms with Gasteiger partial charge in [-0.1, -0.05) is 24.8 Å². The van der Waals surface area contributed by atoms with Crippen molar-refractivity contribution in [3.8, 4) is 0 Å². The van der Waals surface area contributed by atoms with Crippen molar-refractivity contribution in [1.29, 1.82) is 5.41 Å². The zero-order chi connectivity index (χ0) is 12.8. The van der Waals surface area contributed by atoms with Crippen LogP contribution in [0.3, 0.4) is 0 Å². The van der Waals surface area contributed by atoms with E-state index in [-0.39, 0.29) is 17.1 Å². The summed E-state index contributed by atoms with van der Waals surface area (Å²) in [5.74, 6) is 0.335. The fraction of sp³-hybridized carbons (Fsp3) is 0.636. The van der Waals surface area contributed by atoms with Gasteiger partial charge in [0.2, 0.25) is 5.12 Å². The highest BCUT2D eigenvalue weighted by Crippen LogP contribution is 2.14. The van der Waals surface area contributed by atoms with Crippen molar-refractivity contribution < 1.29 is 9.90 Å². The highest BCUT2D eigenvalue weighted by atomic mass is 32.2. The van der Waals surface area contributed by atoms with Gasteiger partial charge in [0.1, 0.15) is 0 Å².